The summed E-state index contributed by atoms with van der Waals surface area (Å²) in [7, 11) is 0. The van der Waals surface area contributed by atoms with E-state index < -0.39 is 17.0 Å². The Morgan fingerprint density at radius 2 is 1.79 bits per heavy atom. The van der Waals surface area contributed by atoms with Gasteiger partial charge in [-0.05, 0) is 30.3 Å². The first-order chi connectivity index (χ1) is 11.6. The summed E-state index contributed by atoms with van der Waals surface area (Å²) in [4.78, 5) is 36.3. The Kier molecular flexibility index (Phi) is 3.09. The Labute approximate surface area is 134 Å². The van der Waals surface area contributed by atoms with Crippen LogP contribution in [0, 0.1) is 0 Å². The molecule has 0 spiro atoms. The smallest absolute Gasteiger partial charge is 0.272 e. The molecule has 0 radical (unpaired) electrons. The summed E-state index contributed by atoms with van der Waals surface area (Å²) in [5.41, 5.74) is -0.338. The number of amides is 1. The van der Waals surface area contributed by atoms with Crippen molar-refractivity contribution in [2.45, 2.75) is 0 Å². The van der Waals surface area contributed by atoms with Crippen LogP contribution in [0.25, 0.3) is 10.8 Å². The van der Waals surface area contributed by atoms with Crippen LogP contribution in [0.15, 0.2) is 46.0 Å². The van der Waals surface area contributed by atoms with Crippen LogP contribution in [0.1, 0.15) is 10.4 Å². The second-order valence-corrected chi connectivity index (χ2v) is 5.16. The third-order valence-electron chi connectivity index (χ3n) is 3.71. The zero-order valence-electron chi connectivity index (χ0n) is 12.2. The monoisotopic (exact) mass is 325 g/mol. The Morgan fingerprint density at radius 3 is 2.67 bits per heavy atom. The van der Waals surface area contributed by atoms with Gasteiger partial charge in [0, 0.05) is 5.56 Å². The number of benzene rings is 2. The largest absolute Gasteiger partial charge is 0.454 e. The van der Waals surface area contributed by atoms with Gasteiger partial charge in [0.05, 0.1) is 16.5 Å². The van der Waals surface area contributed by atoms with E-state index in [9.17, 15) is 14.4 Å². The highest BCUT2D eigenvalue weighted by molar-refractivity contribution is 6.09. The van der Waals surface area contributed by atoms with Gasteiger partial charge in [0.2, 0.25) is 6.79 Å². The molecule has 1 aliphatic rings. The number of carbonyl (C=O) groups excluding carboxylic acids is 1. The molecular formula is C16H11N3O5. The van der Waals surface area contributed by atoms with E-state index in [1.165, 1.54) is 6.07 Å². The topological polar surface area (TPSA) is 113 Å². The van der Waals surface area contributed by atoms with Crippen LogP contribution in [-0.2, 0) is 0 Å². The molecule has 3 N–H and O–H groups in total. The number of carbonyl (C=O) groups is 1. The molecular weight excluding hydrogens is 314 g/mol. The number of anilines is 1. The maximum absolute atomic E-state index is 12.4. The van der Waals surface area contributed by atoms with E-state index in [1.54, 1.807) is 30.3 Å². The number of H-pyrrole nitrogens is 2. The molecule has 24 heavy (non-hydrogen) atoms. The number of aromatic amines is 2. The molecule has 2 aromatic carbocycles. The van der Waals surface area contributed by atoms with Crippen molar-refractivity contribution in [1.82, 2.24) is 10.2 Å². The second-order valence-electron chi connectivity index (χ2n) is 5.16. The third kappa shape index (κ3) is 2.21. The summed E-state index contributed by atoms with van der Waals surface area (Å²) >= 11 is 0. The van der Waals surface area contributed by atoms with Crippen molar-refractivity contribution in [3.63, 3.8) is 0 Å². The van der Waals surface area contributed by atoms with Gasteiger partial charge < -0.3 is 14.8 Å². The number of rotatable bonds is 2. The molecule has 0 unspecified atom stereocenters. The van der Waals surface area contributed by atoms with Gasteiger partial charge in [-0.3, -0.25) is 24.6 Å². The number of aromatic nitrogens is 2. The second kappa shape index (κ2) is 5.27. The Balaban J connectivity index is 1.75. The van der Waals surface area contributed by atoms with E-state index >= 15 is 0 Å². The van der Waals surface area contributed by atoms with Crippen LogP contribution in [0.4, 0.5) is 5.69 Å². The van der Waals surface area contributed by atoms with E-state index in [0.717, 1.165) is 0 Å². The standard InChI is InChI=1S/C16H11N3O5/c20-14(8-4-5-11-12(6-8)24-7-23-11)17-10-3-1-2-9-13(10)16(22)19-18-15(9)21/h1-6H,7H2,(H,17,20)(H,18,21)(H,19,22). The van der Waals surface area contributed by atoms with Crippen molar-refractivity contribution >= 4 is 22.4 Å². The van der Waals surface area contributed by atoms with Gasteiger partial charge in [0.25, 0.3) is 17.0 Å². The minimum Gasteiger partial charge on any atom is -0.454 e. The zero-order valence-corrected chi connectivity index (χ0v) is 12.2. The van der Waals surface area contributed by atoms with Crippen molar-refractivity contribution in [1.29, 1.82) is 0 Å². The molecule has 1 aliphatic heterocycles. The molecule has 0 atom stereocenters. The fourth-order valence-corrected chi connectivity index (χ4v) is 2.57. The molecule has 8 nitrogen and oxygen atoms in total. The summed E-state index contributed by atoms with van der Waals surface area (Å²) in [5, 5.41) is 7.47. The van der Waals surface area contributed by atoms with Crippen LogP contribution in [-0.4, -0.2) is 22.9 Å². The summed E-state index contributed by atoms with van der Waals surface area (Å²) in [6, 6.07) is 9.44. The highest BCUT2D eigenvalue weighted by Crippen LogP contribution is 2.32. The molecule has 4 rings (SSSR count). The highest BCUT2D eigenvalue weighted by atomic mass is 16.7. The van der Waals surface area contributed by atoms with Crippen molar-refractivity contribution in [2.75, 3.05) is 12.1 Å². The number of fused-ring (bicyclic) bond motifs is 2. The Hall–Kier alpha value is -3.55. The fourth-order valence-electron chi connectivity index (χ4n) is 2.57. The predicted octanol–water partition coefficient (Wildman–Crippen LogP) is 1.20. The van der Waals surface area contributed by atoms with Gasteiger partial charge in [-0.1, -0.05) is 6.07 Å². The van der Waals surface area contributed by atoms with Crippen LogP contribution in [0.5, 0.6) is 11.5 Å². The molecule has 3 aromatic rings. The van der Waals surface area contributed by atoms with Crippen LogP contribution in [0.2, 0.25) is 0 Å². The van der Waals surface area contributed by atoms with Crippen LogP contribution >= 0.6 is 0 Å². The Morgan fingerprint density at radius 1 is 1.00 bits per heavy atom. The molecule has 0 bridgehead atoms. The summed E-state index contributed by atoms with van der Waals surface area (Å²) < 4.78 is 10.4. The summed E-state index contributed by atoms with van der Waals surface area (Å²) in [6.07, 6.45) is 0. The van der Waals surface area contributed by atoms with E-state index in [4.69, 9.17) is 9.47 Å². The SMILES string of the molecule is O=C(Nc1cccc2c(=O)[nH][nH]c(=O)c12)c1ccc2c(c1)OCO2. The molecule has 1 aromatic heterocycles. The van der Waals surface area contributed by atoms with Crippen molar-refractivity contribution in [3.8, 4) is 11.5 Å². The van der Waals surface area contributed by atoms with Gasteiger partial charge >= 0.3 is 0 Å². The molecule has 0 aliphatic carbocycles. The number of hydrogen-bond donors (Lipinski definition) is 3. The van der Waals surface area contributed by atoms with Crippen molar-refractivity contribution in [2.24, 2.45) is 0 Å². The van der Waals surface area contributed by atoms with Crippen LogP contribution < -0.4 is 25.9 Å². The molecule has 1 amide bonds. The first-order valence-corrected chi connectivity index (χ1v) is 7.08. The average molecular weight is 325 g/mol. The molecule has 2 heterocycles. The van der Waals surface area contributed by atoms with Crippen molar-refractivity contribution < 1.29 is 14.3 Å². The average Bonchev–Trinajstić information content (AvgIpc) is 3.06. The Bertz CT molecular complexity index is 1080. The lowest BCUT2D eigenvalue weighted by Gasteiger charge is -2.08. The number of ether oxygens (including phenoxy) is 2. The molecule has 0 saturated heterocycles. The lowest BCUT2D eigenvalue weighted by atomic mass is 10.1. The number of nitrogens with one attached hydrogen (secondary N) is 3. The quantitative estimate of drug-likeness (QED) is 0.655. The first-order valence-electron chi connectivity index (χ1n) is 7.08. The van der Waals surface area contributed by atoms with Crippen molar-refractivity contribution in [3.05, 3.63) is 62.7 Å². The lowest BCUT2D eigenvalue weighted by molar-refractivity contribution is 0.102. The van der Waals surface area contributed by atoms with Gasteiger partial charge in [0.1, 0.15) is 0 Å². The summed E-state index contributed by atoms with van der Waals surface area (Å²) in [5.74, 6) is 0.620. The number of hydrogen-bond acceptors (Lipinski definition) is 5. The van der Waals surface area contributed by atoms with E-state index in [0.29, 0.717) is 17.1 Å². The lowest BCUT2D eigenvalue weighted by Crippen LogP contribution is -2.21. The molecule has 0 fully saturated rings. The third-order valence-corrected chi connectivity index (χ3v) is 3.71. The maximum Gasteiger partial charge on any atom is 0.272 e. The minimum absolute atomic E-state index is 0.113. The fraction of sp³-hybridized carbons (Fsp3) is 0.0625. The molecule has 120 valence electrons. The van der Waals surface area contributed by atoms with Gasteiger partial charge in [0.15, 0.2) is 11.5 Å². The van der Waals surface area contributed by atoms with Gasteiger partial charge in [-0.2, -0.15) is 0 Å². The van der Waals surface area contributed by atoms with E-state index in [2.05, 4.69) is 15.5 Å². The maximum atomic E-state index is 12.4. The predicted molar refractivity (Wildman–Crippen MR) is 85.7 cm³/mol. The minimum atomic E-state index is -0.494. The normalized spacial score (nSPS) is 12.3. The van der Waals surface area contributed by atoms with E-state index in [-0.39, 0.29) is 23.3 Å². The summed E-state index contributed by atoms with van der Waals surface area (Å²) in [6.45, 7) is 0.113. The first kappa shape index (κ1) is 14.1. The molecule has 0 saturated carbocycles. The zero-order chi connectivity index (χ0) is 16.7. The van der Waals surface area contributed by atoms with Gasteiger partial charge in [-0.25, -0.2) is 0 Å². The van der Waals surface area contributed by atoms with Gasteiger partial charge in [-0.15, -0.1) is 0 Å². The highest BCUT2D eigenvalue weighted by Gasteiger charge is 2.17. The van der Waals surface area contributed by atoms with Crippen LogP contribution in [0.3, 0.4) is 0 Å². The van der Waals surface area contributed by atoms with E-state index in [1.807, 2.05) is 0 Å². The molecule has 8 heteroatoms.